The highest BCUT2D eigenvalue weighted by atomic mass is 79.9. The molecule has 1 unspecified atom stereocenters. The van der Waals surface area contributed by atoms with Crippen molar-refractivity contribution in [1.29, 1.82) is 0 Å². The summed E-state index contributed by atoms with van der Waals surface area (Å²) in [6, 6.07) is 8.41. The summed E-state index contributed by atoms with van der Waals surface area (Å²) in [7, 11) is 0. The maximum Gasteiger partial charge on any atom is 0.0934 e. The van der Waals surface area contributed by atoms with Gasteiger partial charge in [0.1, 0.15) is 0 Å². The number of nitrogens with zero attached hydrogens (tertiary/aromatic N) is 1. The van der Waals surface area contributed by atoms with Crippen LogP contribution in [-0.2, 0) is 0 Å². The van der Waals surface area contributed by atoms with E-state index >= 15 is 0 Å². The van der Waals surface area contributed by atoms with E-state index in [4.69, 9.17) is 0 Å². The van der Waals surface area contributed by atoms with E-state index in [1.54, 1.807) is 0 Å². The number of anilines is 1. The first-order valence-electron chi connectivity index (χ1n) is 6.19. The van der Waals surface area contributed by atoms with Crippen LogP contribution in [0, 0.1) is 5.92 Å². The average Bonchev–Trinajstić information content (AvgIpc) is 2.89. The largest absolute Gasteiger partial charge is 0.383 e. The second-order valence-electron chi connectivity index (χ2n) is 4.64. The zero-order valence-electron chi connectivity index (χ0n) is 10.0. The highest BCUT2D eigenvalue weighted by Crippen LogP contribution is 2.26. The van der Waals surface area contributed by atoms with Crippen LogP contribution in [0.3, 0.4) is 0 Å². The molecule has 0 aliphatic carbocycles. The van der Waals surface area contributed by atoms with Crippen LogP contribution in [0.15, 0.2) is 34.9 Å². The molecule has 4 heteroatoms. The van der Waals surface area contributed by atoms with E-state index in [0.717, 1.165) is 28.1 Å². The Labute approximate surface area is 120 Å². The summed E-state index contributed by atoms with van der Waals surface area (Å²) in [6.45, 7) is 1.06. The molecule has 2 aromatic rings. The zero-order chi connectivity index (χ0) is 12.4. The van der Waals surface area contributed by atoms with Gasteiger partial charge in [0, 0.05) is 22.6 Å². The van der Waals surface area contributed by atoms with E-state index in [9.17, 15) is 0 Å². The van der Waals surface area contributed by atoms with Gasteiger partial charge >= 0.3 is 0 Å². The maximum absolute atomic E-state index is 4.51. The Morgan fingerprint density at radius 3 is 3.22 bits per heavy atom. The molecule has 0 spiro atoms. The van der Waals surface area contributed by atoms with Crippen molar-refractivity contribution in [2.75, 3.05) is 23.4 Å². The molecule has 2 heterocycles. The van der Waals surface area contributed by atoms with E-state index in [-0.39, 0.29) is 0 Å². The van der Waals surface area contributed by atoms with Crippen LogP contribution in [0.25, 0.3) is 10.9 Å². The molecule has 0 radical (unpaired) electrons. The molecular formula is C14H15BrN2S. The molecule has 2 nitrogen and oxygen atoms in total. The number of hydrogen-bond acceptors (Lipinski definition) is 3. The molecule has 1 fully saturated rings. The fourth-order valence-corrected chi connectivity index (χ4v) is 3.91. The number of fused-ring (bicyclic) bond motifs is 1. The minimum absolute atomic E-state index is 0.806. The minimum atomic E-state index is 0.806. The van der Waals surface area contributed by atoms with Crippen molar-refractivity contribution in [2.24, 2.45) is 5.92 Å². The normalized spacial score (nSPS) is 19.3. The molecule has 1 N–H and O–H groups in total. The lowest BCUT2D eigenvalue weighted by Gasteiger charge is -2.12. The van der Waals surface area contributed by atoms with Crippen LogP contribution >= 0.6 is 27.7 Å². The van der Waals surface area contributed by atoms with Crippen molar-refractivity contribution in [1.82, 2.24) is 4.98 Å². The zero-order valence-corrected chi connectivity index (χ0v) is 12.4. The molecule has 1 saturated heterocycles. The smallest absolute Gasteiger partial charge is 0.0934 e. The Balaban J connectivity index is 1.82. The molecule has 0 bridgehead atoms. The lowest BCUT2D eigenvalue weighted by molar-refractivity contribution is 0.632. The molecule has 3 rings (SSSR count). The van der Waals surface area contributed by atoms with E-state index in [1.165, 1.54) is 23.3 Å². The van der Waals surface area contributed by atoms with Gasteiger partial charge in [0.25, 0.3) is 0 Å². The molecule has 1 aliphatic heterocycles. The standard InChI is InChI=1S/C14H15BrN2S/c15-12-6-11-2-1-3-13(14(11)17-8-12)16-7-10-4-5-18-9-10/h1-3,6,8,10,16H,4-5,7,9H2. The SMILES string of the molecule is Brc1cnc2c(NCC3CCSC3)cccc2c1. The van der Waals surface area contributed by atoms with Crippen LogP contribution < -0.4 is 5.32 Å². The van der Waals surface area contributed by atoms with Crippen LogP contribution in [0.2, 0.25) is 0 Å². The van der Waals surface area contributed by atoms with E-state index in [1.807, 2.05) is 6.20 Å². The second kappa shape index (κ2) is 5.49. The van der Waals surface area contributed by atoms with Gasteiger partial charge in [-0.05, 0) is 51.9 Å². The van der Waals surface area contributed by atoms with E-state index in [2.05, 4.69) is 62.3 Å². The summed E-state index contributed by atoms with van der Waals surface area (Å²) >= 11 is 5.53. The fourth-order valence-electron chi connectivity index (χ4n) is 2.28. The first-order valence-corrected chi connectivity index (χ1v) is 8.13. The molecular weight excluding hydrogens is 308 g/mol. The number of aromatic nitrogens is 1. The lowest BCUT2D eigenvalue weighted by atomic mass is 10.1. The number of pyridine rings is 1. The van der Waals surface area contributed by atoms with Crippen molar-refractivity contribution < 1.29 is 0 Å². The highest BCUT2D eigenvalue weighted by Gasteiger charge is 2.15. The predicted molar refractivity (Wildman–Crippen MR) is 83.4 cm³/mol. The Bertz CT molecular complexity index is 552. The number of para-hydroxylation sites is 1. The van der Waals surface area contributed by atoms with E-state index in [0.29, 0.717) is 0 Å². The summed E-state index contributed by atoms with van der Waals surface area (Å²) in [4.78, 5) is 4.51. The van der Waals surface area contributed by atoms with Crippen molar-refractivity contribution in [3.05, 3.63) is 34.9 Å². The van der Waals surface area contributed by atoms with Crippen molar-refractivity contribution in [3.63, 3.8) is 0 Å². The van der Waals surface area contributed by atoms with Crippen molar-refractivity contribution in [2.45, 2.75) is 6.42 Å². The Morgan fingerprint density at radius 2 is 2.39 bits per heavy atom. The van der Waals surface area contributed by atoms with Crippen LogP contribution in [0.4, 0.5) is 5.69 Å². The quantitative estimate of drug-likeness (QED) is 0.918. The van der Waals surface area contributed by atoms with Gasteiger partial charge in [0.05, 0.1) is 11.2 Å². The van der Waals surface area contributed by atoms with Gasteiger partial charge in [-0.25, -0.2) is 0 Å². The van der Waals surface area contributed by atoms with Gasteiger partial charge in [-0.1, -0.05) is 12.1 Å². The molecule has 1 aromatic carbocycles. The number of hydrogen-bond donors (Lipinski definition) is 1. The molecule has 1 atom stereocenters. The average molecular weight is 323 g/mol. The molecule has 18 heavy (non-hydrogen) atoms. The lowest BCUT2D eigenvalue weighted by Crippen LogP contribution is -2.13. The molecule has 0 amide bonds. The van der Waals surface area contributed by atoms with Gasteiger partial charge in [-0.3, -0.25) is 4.98 Å². The fraction of sp³-hybridized carbons (Fsp3) is 0.357. The molecule has 0 saturated carbocycles. The third kappa shape index (κ3) is 2.64. The number of halogens is 1. The third-order valence-electron chi connectivity index (χ3n) is 3.28. The van der Waals surface area contributed by atoms with Crippen LogP contribution in [0.5, 0.6) is 0 Å². The highest BCUT2D eigenvalue weighted by molar-refractivity contribution is 9.10. The summed E-state index contributed by atoms with van der Waals surface area (Å²) in [6.07, 6.45) is 3.19. The monoisotopic (exact) mass is 322 g/mol. The summed E-state index contributed by atoms with van der Waals surface area (Å²) in [5, 5.41) is 4.73. The number of benzene rings is 1. The van der Waals surface area contributed by atoms with Crippen molar-refractivity contribution >= 4 is 44.3 Å². The van der Waals surface area contributed by atoms with Crippen LogP contribution in [-0.4, -0.2) is 23.0 Å². The predicted octanol–water partition coefficient (Wildman–Crippen LogP) is 4.16. The number of rotatable bonds is 3. The van der Waals surface area contributed by atoms with Gasteiger partial charge in [-0.15, -0.1) is 0 Å². The van der Waals surface area contributed by atoms with Gasteiger partial charge in [0.15, 0.2) is 0 Å². The number of nitrogens with one attached hydrogen (secondary N) is 1. The molecule has 94 valence electrons. The Hall–Kier alpha value is -0.740. The summed E-state index contributed by atoms with van der Waals surface area (Å²) < 4.78 is 1.03. The first-order chi connectivity index (χ1) is 8.83. The first kappa shape index (κ1) is 12.3. The third-order valence-corrected chi connectivity index (χ3v) is 4.95. The minimum Gasteiger partial charge on any atom is -0.383 e. The van der Waals surface area contributed by atoms with Crippen molar-refractivity contribution in [3.8, 4) is 0 Å². The Kier molecular flexibility index (Phi) is 3.75. The number of thioether (sulfide) groups is 1. The van der Waals surface area contributed by atoms with E-state index < -0.39 is 0 Å². The van der Waals surface area contributed by atoms with Gasteiger partial charge in [0.2, 0.25) is 0 Å². The topological polar surface area (TPSA) is 24.9 Å². The maximum atomic E-state index is 4.51. The van der Waals surface area contributed by atoms with Gasteiger partial charge < -0.3 is 5.32 Å². The molecule has 1 aromatic heterocycles. The summed E-state index contributed by atoms with van der Waals surface area (Å²) in [5.41, 5.74) is 2.21. The Morgan fingerprint density at radius 1 is 1.44 bits per heavy atom. The molecule has 1 aliphatic rings. The van der Waals surface area contributed by atoms with Gasteiger partial charge in [-0.2, -0.15) is 11.8 Å². The second-order valence-corrected chi connectivity index (χ2v) is 6.71. The summed E-state index contributed by atoms with van der Waals surface area (Å²) in [5.74, 6) is 3.41. The van der Waals surface area contributed by atoms with Crippen LogP contribution in [0.1, 0.15) is 6.42 Å².